The summed E-state index contributed by atoms with van der Waals surface area (Å²) in [5.41, 5.74) is -1.28. The predicted octanol–water partition coefficient (Wildman–Crippen LogP) is 4.68. The summed E-state index contributed by atoms with van der Waals surface area (Å²) in [6.07, 6.45) is -0.304. The van der Waals surface area contributed by atoms with Crippen molar-refractivity contribution in [3.05, 3.63) is 34.6 Å². The SMILES string of the molecule is CC(C)(C)OC(=O)NCCC=Cc1cnc(Cl)c(C(F)(F)F)c1. The van der Waals surface area contributed by atoms with E-state index in [2.05, 4.69) is 10.3 Å². The smallest absolute Gasteiger partial charge is 0.419 e. The summed E-state index contributed by atoms with van der Waals surface area (Å²) in [4.78, 5) is 14.9. The molecule has 0 saturated carbocycles. The molecular formula is C15H18ClF3N2O2. The predicted molar refractivity (Wildman–Crippen MR) is 82.1 cm³/mol. The summed E-state index contributed by atoms with van der Waals surface area (Å²) in [7, 11) is 0. The van der Waals surface area contributed by atoms with Gasteiger partial charge in [-0.3, -0.25) is 0 Å². The Morgan fingerprint density at radius 1 is 1.39 bits per heavy atom. The van der Waals surface area contributed by atoms with E-state index in [9.17, 15) is 18.0 Å². The molecule has 0 unspecified atom stereocenters. The van der Waals surface area contributed by atoms with Crippen LogP contribution in [0.15, 0.2) is 18.3 Å². The number of carbonyl (C=O) groups is 1. The summed E-state index contributed by atoms with van der Waals surface area (Å²) in [6.45, 7) is 5.55. The van der Waals surface area contributed by atoms with Crippen LogP contribution < -0.4 is 5.32 Å². The minimum Gasteiger partial charge on any atom is -0.444 e. The minimum absolute atomic E-state index is 0.277. The number of hydrogen-bond donors (Lipinski definition) is 1. The molecule has 1 N–H and O–H groups in total. The second kappa shape index (κ2) is 7.68. The van der Waals surface area contributed by atoms with Crippen molar-refractivity contribution in [2.45, 2.75) is 39.0 Å². The lowest BCUT2D eigenvalue weighted by atomic mass is 10.2. The average Bonchev–Trinajstić information content (AvgIpc) is 2.36. The highest BCUT2D eigenvalue weighted by atomic mass is 35.5. The highest BCUT2D eigenvalue weighted by molar-refractivity contribution is 6.30. The molecule has 0 fully saturated rings. The molecule has 0 bridgehead atoms. The van der Waals surface area contributed by atoms with Crippen LogP contribution in [0.3, 0.4) is 0 Å². The first kappa shape index (κ1) is 19.3. The normalized spacial score (nSPS) is 12.5. The first-order valence-electron chi connectivity index (χ1n) is 6.85. The zero-order valence-electron chi connectivity index (χ0n) is 13.0. The fraction of sp³-hybridized carbons (Fsp3) is 0.467. The van der Waals surface area contributed by atoms with Gasteiger partial charge in [0.1, 0.15) is 10.8 Å². The van der Waals surface area contributed by atoms with E-state index in [1.807, 2.05) is 0 Å². The van der Waals surface area contributed by atoms with E-state index in [-0.39, 0.29) is 5.56 Å². The van der Waals surface area contributed by atoms with Gasteiger partial charge in [0.2, 0.25) is 0 Å². The van der Waals surface area contributed by atoms with Gasteiger partial charge in [0, 0.05) is 12.7 Å². The molecule has 8 heteroatoms. The van der Waals surface area contributed by atoms with Crippen molar-refractivity contribution in [2.24, 2.45) is 0 Å². The van der Waals surface area contributed by atoms with Gasteiger partial charge in [-0.1, -0.05) is 23.8 Å². The monoisotopic (exact) mass is 350 g/mol. The number of alkyl halides is 3. The Balaban J connectivity index is 2.52. The Morgan fingerprint density at radius 2 is 2.04 bits per heavy atom. The zero-order valence-corrected chi connectivity index (χ0v) is 13.8. The third-order valence-corrected chi connectivity index (χ3v) is 2.76. The molecule has 1 rings (SSSR count). The number of alkyl carbamates (subject to hydrolysis) is 1. The maximum absolute atomic E-state index is 12.7. The molecule has 0 aliphatic carbocycles. The summed E-state index contributed by atoms with van der Waals surface area (Å²) < 4.78 is 43.1. The lowest BCUT2D eigenvalue weighted by Gasteiger charge is -2.19. The van der Waals surface area contributed by atoms with Crippen LogP contribution in [0.2, 0.25) is 5.15 Å². The number of rotatable bonds is 4. The van der Waals surface area contributed by atoms with Crippen LogP contribution in [-0.4, -0.2) is 23.2 Å². The second-order valence-corrected chi connectivity index (χ2v) is 6.08. The van der Waals surface area contributed by atoms with Crippen LogP contribution in [0.4, 0.5) is 18.0 Å². The number of hydrogen-bond acceptors (Lipinski definition) is 3. The van der Waals surface area contributed by atoms with Gasteiger partial charge in [-0.2, -0.15) is 13.2 Å². The molecule has 0 spiro atoms. The Morgan fingerprint density at radius 3 is 2.61 bits per heavy atom. The van der Waals surface area contributed by atoms with E-state index in [1.54, 1.807) is 26.8 Å². The maximum atomic E-state index is 12.7. The summed E-state index contributed by atoms with van der Waals surface area (Å²) >= 11 is 5.44. The number of ether oxygens (including phenoxy) is 1. The van der Waals surface area contributed by atoms with Gasteiger partial charge in [0.25, 0.3) is 0 Å². The van der Waals surface area contributed by atoms with Crippen LogP contribution >= 0.6 is 11.6 Å². The molecule has 1 aromatic rings. The number of nitrogens with one attached hydrogen (secondary N) is 1. The fourth-order valence-electron chi connectivity index (χ4n) is 1.55. The molecule has 1 amide bonds. The lowest BCUT2D eigenvalue weighted by Crippen LogP contribution is -2.32. The Bertz CT molecular complexity index is 581. The maximum Gasteiger partial charge on any atom is 0.419 e. The number of pyridine rings is 1. The van der Waals surface area contributed by atoms with Gasteiger partial charge < -0.3 is 10.1 Å². The molecule has 0 atom stereocenters. The first-order valence-corrected chi connectivity index (χ1v) is 7.23. The van der Waals surface area contributed by atoms with Gasteiger partial charge in [0.15, 0.2) is 0 Å². The number of carbonyl (C=O) groups excluding carboxylic acids is 1. The van der Waals surface area contributed by atoms with Crippen LogP contribution in [-0.2, 0) is 10.9 Å². The molecule has 128 valence electrons. The van der Waals surface area contributed by atoms with Crippen LogP contribution in [0.5, 0.6) is 0 Å². The van der Waals surface area contributed by atoms with Crippen molar-refractivity contribution in [1.82, 2.24) is 10.3 Å². The number of nitrogens with zero attached hydrogens (tertiary/aromatic N) is 1. The quantitative estimate of drug-likeness (QED) is 0.633. The third kappa shape index (κ3) is 7.36. The van der Waals surface area contributed by atoms with Crippen molar-refractivity contribution in [1.29, 1.82) is 0 Å². The lowest BCUT2D eigenvalue weighted by molar-refractivity contribution is -0.137. The van der Waals surface area contributed by atoms with E-state index < -0.39 is 28.6 Å². The molecular weight excluding hydrogens is 333 g/mol. The molecule has 0 saturated heterocycles. The summed E-state index contributed by atoms with van der Waals surface area (Å²) in [5, 5.41) is 1.96. The molecule has 23 heavy (non-hydrogen) atoms. The van der Waals surface area contributed by atoms with Crippen LogP contribution in [0, 0.1) is 0 Å². The average molecular weight is 351 g/mol. The van der Waals surface area contributed by atoms with Crippen molar-refractivity contribution in [3.8, 4) is 0 Å². The topological polar surface area (TPSA) is 51.2 Å². The van der Waals surface area contributed by atoms with Crippen molar-refractivity contribution in [2.75, 3.05) is 6.54 Å². The molecule has 0 radical (unpaired) electrons. The molecule has 0 aliphatic heterocycles. The van der Waals surface area contributed by atoms with Gasteiger partial charge in [-0.15, -0.1) is 0 Å². The molecule has 4 nitrogen and oxygen atoms in total. The first-order chi connectivity index (χ1) is 10.5. The number of amides is 1. The van der Waals surface area contributed by atoms with Gasteiger partial charge in [0.05, 0.1) is 5.56 Å². The van der Waals surface area contributed by atoms with E-state index in [1.165, 1.54) is 12.3 Å². The standard InChI is InChI=1S/C15H18ClF3N2O2/c1-14(2,3)23-13(22)20-7-5-4-6-10-8-11(15(17,18)19)12(16)21-9-10/h4,6,8-9H,5,7H2,1-3H3,(H,20,22). The highest BCUT2D eigenvalue weighted by Crippen LogP contribution is 2.34. The Kier molecular flexibility index (Phi) is 6.44. The van der Waals surface area contributed by atoms with Crippen molar-refractivity contribution >= 4 is 23.8 Å². The van der Waals surface area contributed by atoms with E-state index in [0.29, 0.717) is 13.0 Å². The fourth-order valence-corrected chi connectivity index (χ4v) is 1.76. The van der Waals surface area contributed by atoms with Crippen molar-refractivity contribution in [3.63, 3.8) is 0 Å². The Hall–Kier alpha value is -1.76. The van der Waals surface area contributed by atoms with Gasteiger partial charge >= 0.3 is 12.3 Å². The third-order valence-electron chi connectivity index (χ3n) is 2.46. The van der Waals surface area contributed by atoms with E-state index in [0.717, 1.165) is 6.07 Å². The summed E-state index contributed by atoms with van der Waals surface area (Å²) in [5.74, 6) is 0. The highest BCUT2D eigenvalue weighted by Gasteiger charge is 2.34. The van der Waals surface area contributed by atoms with E-state index >= 15 is 0 Å². The molecule has 0 aromatic carbocycles. The number of aromatic nitrogens is 1. The Labute approximate surface area is 137 Å². The molecule has 1 heterocycles. The van der Waals surface area contributed by atoms with Gasteiger partial charge in [-0.05, 0) is 38.8 Å². The van der Waals surface area contributed by atoms with Crippen LogP contribution in [0.25, 0.3) is 6.08 Å². The largest absolute Gasteiger partial charge is 0.444 e. The van der Waals surface area contributed by atoms with Crippen molar-refractivity contribution < 1.29 is 22.7 Å². The van der Waals surface area contributed by atoms with Crippen LogP contribution in [0.1, 0.15) is 38.3 Å². The number of halogens is 4. The zero-order chi connectivity index (χ0) is 17.7. The van der Waals surface area contributed by atoms with E-state index in [4.69, 9.17) is 16.3 Å². The molecule has 0 aliphatic rings. The summed E-state index contributed by atoms with van der Waals surface area (Å²) in [6, 6.07) is 0.924. The second-order valence-electron chi connectivity index (χ2n) is 5.72. The minimum atomic E-state index is -4.55. The molecule has 1 aromatic heterocycles. The van der Waals surface area contributed by atoms with Gasteiger partial charge in [-0.25, -0.2) is 9.78 Å².